The lowest BCUT2D eigenvalue weighted by molar-refractivity contribution is -0.161. The van der Waals surface area contributed by atoms with Gasteiger partial charge in [-0.15, -0.1) is 0 Å². The van der Waals surface area contributed by atoms with Crippen LogP contribution in [-0.4, -0.2) is 49.3 Å². The van der Waals surface area contributed by atoms with Gasteiger partial charge < -0.3 is 20.1 Å². The topological polar surface area (TPSA) is 134 Å². The number of hydrogen-bond acceptors (Lipinski definition) is 8. The molecule has 0 aliphatic heterocycles. The maximum absolute atomic E-state index is 12.7. The lowest BCUT2D eigenvalue weighted by Gasteiger charge is -2.19. The molecule has 0 fully saturated rings. The fourth-order valence-corrected chi connectivity index (χ4v) is 8.96. The van der Waals surface area contributed by atoms with Crippen molar-refractivity contribution in [3.05, 3.63) is 158 Å². The van der Waals surface area contributed by atoms with E-state index in [2.05, 4.69) is 172 Å². The van der Waals surface area contributed by atoms with Crippen molar-refractivity contribution in [1.82, 2.24) is 0 Å². The van der Waals surface area contributed by atoms with E-state index in [-0.39, 0.29) is 32.6 Å². The van der Waals surface area contributed by atoms with Crippen LogP contribution >= 0.6 is 7.82 Å². The average Bonchev–Trinajstić information content (AvgIpc) is 3.46. The number of esters is 2. The quantitative estimate of drug-likeness (QED) is 0.0264. The number of carbonyl (C=O) groups excluding carboxylic acids is 2. The van der Waals surface area contributed by atoms with Crippen LogP contribution in [0.3, 0.4) is 0 Å². The van der Waals surface area contributed by atoms with E-state index in [4.69, 9.17) is 24.3 Å². The first-order valence-corrected chi connectivity index (χ1v) is 33.5. The van der Waals surface area contributed by atoms with Crippen LogP contribution in [0.2, 0.25) is 0 Å². The van der Waals surface area contributed by atoms with Crippen molar-refractivity contribution in [2.75, 3.05) is 26.4 Å². The molecule has 0 aliphatic rings. The van der Waals surface area contributed by atoms with Crippen LogP contribution in [-0.2, 0) is 32.7 Å². The van der Waals surface area contributed by atoms with Crippen molar-refractivity contribution < 1.29 is 37.6 Å². The van der Waals surface area contributed by atoms with Crippen LogP contribution in [0.25, 0.3) is 0 Å². The lowest BCUT2D eigenvalue weighted by Crippen LogP contribution is -2.29. The van der Waals surface area contributed by atoms with Crippen LogP contribution in [0, 0.1) is 0 Å². The summed E-state index contributed by atoms with van der Waals surface area (Å²) in [6.45, 7) is 3.58. The minimum Gasteiger partial charge on any atom is -0.462 e. The van der Waals surface area contributed by atoms with Crippen molar-refractivity contribution in [3.8, 4) is 0 Å². The first-order valence-electron chi connectivity index (χ1n) is 32.0. The number of rotatable bonds is 58. The molecule has 0 spiro atoms. The Morgan fingerprint density at radius 1 is 0.383 bits per heavy atom. The summed E-state index contributed by atoms with van der Waals surface area (Å²) in [5.41, 5.74) is 5.39. The third kappa shape index (κ3) is 64.7. The Hall–Kier alpha value is -4.37. The molecule has 9 nitrogen and oxygen atoms in total. The van der Waals surface area contributed by atoms with Crippen molar-refractivity contribution in [3.63, 3.8) is 0 Å². The van der Waals surface area contributed by atoms with Gasteiger partial charge in [0.05, 0.1) is 13.2 Å². The fraction of sp³-hybridized carbons (Fsp3) is 0.606. The van der Waals surface area contributed by atoms with E-state index in [1.807, 2.05) is 0 Å². The summed E-state index contributed by atoms with van der Waals surface area (Å²) in [5, 5.41) is 0. The van der Waals surface area contributed by atoms with Crippen LogP contribution < -0.4 is 5.73 Å². The molecular weight excluding hydrogens is 1030 g/mol. The van der Waals surface area contributed by atoms with Gasteiger partial charge in [0.15, 0.2) is 6.10 Å². The van der Waals surface area contributed by atoms with Gasteiger partial charge >= 0.3 is 19.8 Å². The summed E-state index contributed by atoms with van der Waals surface area (Å²) >= 11 is 0. The Morgan fingerprint density at radius 3 is 1.01 bits per heavy atom. The zero-order chi connectivity index (χ0) is 58.7. The molecule has 0 aromatic heterocycles. The first-order chi connectivity index (χ1) is 39.8. The average molecular weight is 1140 g/mol. The summed E-state index contributed by atoms with van der Waals surface area (Å²) in [5.74, 6) is -0.861. The molecule has 0 aromatic carbocycles. The first kappa shape index (κ1) is 76.6. The van der Waals surface area contributed by atoms with Gasteiger partial charge in [-0.3, -0.25) is 18.6 Å². The number of phosphoric ester groups is 1. The van der Waals surface area contributed by atoms with Crippen molar-refractivity contribution in [1.29, 1.82) is 0 Å². The van der Waals surface area contributed by atoms with E-state index < -0.39 is 32.5 Å². The summed E-state index contributed by atoms with van der Waals surface area (Å²) in [7, 11) is -4.41. The van der Waals surface area contributed by atoms with E-state index in [1.54, 1.807) is 0 Å². The highest BCUT2D eigenvalue weighted by Gasteiger charge is 2.26. The second kappa shape index (κ2) is 64.8. The van der Waals surface area contributed by atoms with Crippen LogP contribution in [0.5, 0.6) is 0 Å². The van der Waals surface area contributed by atoms with Gasteiger partial charge in [0.2, 0.25) is 0 Å². The second-order valence-corrected chi connectivity index (χ2v) is 22.0. The molecular formula is C71H116NO8P. The second-order valence-electron chi connectivity index (χ2n) is 20.5. The zero-order valence-electron chi connectivity index (χ0n) is 51.2. The van der Waals surface area contributed by atoms with Gasteiger partial charge in [-0.1, -0.05) is 262 Å². The SMILES string of the molecule is CC/C=C\C/C=C\C/C=C\C/C=C\C/C=C\C/C=C\C/C=C\C/C=C\C/C=C\C/C=C\CCCCCCCCCCC(=O)OC(COC(=O)CCCCCCCC/C=C\C/C=C\C/C=C\CCCCCCC)COP(=O)(O)OCCN. The van der Waals surface area contributed by atoms with E-state index in [0.717, 1.165) is 141 Å². The lowest BCUT2D eigenvalue weighted by atomic mass is 10.1. The maximum Gasteiger partial charge on any atom is 0.472 e. The van der Waals surface area contributed by atoms with E-state index in [0.29, 0.717) is 12.8 Å². The number of hydrogen-bond donors (Lipinski definition) is 2. The van der Waals surface area contributed by atoms with Gasteiger partial charge in [0.25, 0.3) is 0 Å². The fourth-order valence-electron chi connectivity index (χ4n) is 8.20. The molecule has 0 aromatic rings. The zero-order valence-corrected chi connectivity index (χ0v) is 52.1. The molecule has 0 rings (SSSR count). The molecule has 0 heterocycles. The minimum absolute atomic E-state index is 0.0419. The molecule has 0 aliphatic carbocycles. The summed E-state index contributed by atoms with van der Waals surface area (Å²) in [6.07, 6.45) is 94.5. The molecule has 2 atom stereocenters. The number of phosphoric acid groups is 1. The predicted octanol–water partition coefficient (Wildman–Crippen LogP) is 20.8. The standard InChI is InChI=1S/C71H116NO8P/c1-3-5-7-9-11-13-15-17-19-21-23-25-26-27-28-29-30-31-32-33-34-35-36-37-38-39-40-41-42-44-46-48-50-52-54-56-58-60-62-64-71(74)80-69(68-79-81(75,76)78-66-65-72)67-77-70(73)63-61-59-57-55-53-51-49-47-45-43-24-22-20-18-16-14-12-10-8-6-4-2/h5,7,11,13,16-19,22-25,27-28,30-31,33-34,36-37,39-40,42,44-45,47,69H,3-4,6,8-10,12,14-15,20-21,26,29,32,35,38,41,43,46,48-68,72H2,1-2H3,(H,75,76)/b7-5-,13-11-,18-16-,19-17-,24-22-,25-23-,28-27-,31-30-,34-33-,37-36-,40-39-,44-42-,47-45-. The number of allylic oxidation sites excluding steroid dienone is 26. The molecule has 3 N–H and O–H groups in total. The summed E-state index contributed by atoms with van der Waals surface area (Å²) in [6, 6.07) is 0. The third-order valence-electron chi connectivity index (χ3n) is 12.9. The summed E-state index contributed by atoms with van der Waals surface area (Å²) in [4.78, 5) is 35.2. The van der Waals surface area contributed by atoms with Crippen LogP contribution in [0.1, 0.15) is 245 Å². The molecule has 81 heavy (non-hydrogen) atoms. The normalized spacial score (nSPS) is 14.1. The molecule has 0 amide bonds. The molecule has 0 saturated heterocycles. The maximum atomic E-state index is 12.7. The van der Waals surface area contributed by atoms with Crippen LogP contribution in [0.4, 0.5) is 0 Å². The summed E-state index contributed by atoms with van der Waals surface area (Å²) < 4.78 is 33.1. The number of carbonyl (C=O) groups is 2. The highest BCUT2D eigenvalue weighted by Crippen LogP contribution is 2.43. The molecule has 10 heteroatoms. The monoisotopic (exact) mass is 1140 g/mol. The molecule has 0 saturated carbocycles. The Morgan fingerprint density at radius 2 is 0.679 bits per heavy atom. The molecule has 2 unspecified atom stereocenters. The van der Waals surface area contributed by atoms with Gasteiger partial charge in [0, 0.05) is 19.4 Å². The molecule has 0 radical (unpaired) electrons. The number of ether oxygens (including phenoxy) is 2. The smallest absolute Gasteiger partial charge is 0.462 e. The van der Waals surface area contributed by atoms with Gasteiger partial charge in [-0.25, -0.2) is 4.57 Å². The highest BCUT2D eigenvalue weighted by molar-refractivity contribution is 7.47. The van der Waals surface area contributed by atoms with E-state index in [9.17, 15) is 19.0 Å². The Kier molecular flexibility index (Phi) is 61.3. The molecule has 458 valence electrons. The van der Waals surface area contributed by atoms with Crippen LogP contribution in [0.15, 0.2) is 158 Å². The van der Waals surface area contributed by atoms with Gasteiger partial charge in [0.1, 0.15) is 6.61 Å². The predicted molar refractivity (Wildman–Crippen MR) is 348 cm³/mol. The Balaban J connectivity index is 4.03. The van der Waals surface area contributed by atoms with Gasteiger partial charge in [-0.05, 0) is 128 Å². The number of nitrogens with two attached hydrogens (primary N) is 1. The molecule has 0 bridgehead atoms. The highest BCUT2D eigenvalue weighted by atomic mass is 31.2. The van der Waals surface area contributed by atoms with Crippen molar-refractivity contribution >= 4 is 19.8 Å². The largest absolute Gasteiger partial charge is 0.472 e. The third-order valence-corrected chi connectivity index (χ3v) is 13.9. The van der Waals surface area contributed by atoms with E-state index >= 15 is 0 Å². The number of unbranched alkanes of at least 4 members (excludes halogenated alkanes) is 19. The van der Waals surface area contributed by atoms with Crippen molar-refractivity contribution in [2.45, 2.75) is 251 Å². The van der Waals surface area contributed by atoms with E-state index in [1.165, 1.54) is 64.2 Å². The Labute approximate surface area is 496 Å². The minimum atomic E-state index is -4.41. The van der Waals surface area contributed by atoms with Crippen molar-refractivity contribution in [2.24, 2.45) is 5.73 Å². The Bertz CT molecular complexity index is 1880. The van der Waals surface area contributed by atoms with Gasteiger partial charge in [-0.2, -0.15) is 0 Å².